The molecule has 1 aliphatic rings. The van der Waals surface area contributed by atoms with Crippen LogP contribution in [0.4, 0.5) is 0 Å². The fourth-order valence-electron chi connectivity index (χ4n) is 2.93. The Bertz CT molecular complexity index is 493. The molecule has 0 bridgehead atoms. The standard InChI is InChI=1S/C18H29N3O2/c1-3-4-11-20-17(19)21-14-18(9-12-23-13-10-18)15-5-7-16(22-2)8-6-15/h5-8H,3-4,9-14H2,1-2H3,(H3,19,20,21). The van der Waals surface area contributed by atoms with E-state index in [9.17, 15) is 0 Å². The number of hydrogen-bond acceptors (Lipinski definition) is 3. The van der Waals surface area contributed by atoms with Gasteiger partial charge < -0.3 is 20.5 Å². The number of nitrogens with one attached hydrogen (secondary N) is 1. The van der Waals surface area contributed by atoms with Crippen molar-refractivity contribution in [3.8, 4) is 5.75 Å². The van der Waals surface area contributed by atoms with Crippen LogP contribution in [-0.4, -0.2) is 39.4 Å². The number of unbranched alkanes of at least 4 members (excludes halogenated alkanes) is 1. The molecule has 1 fully saturated rings. The Hall–Kier alpha value is -1.75. The van der Waals surface area contributed by atoms with Crippen LogP contribution >= 0.6 is 0 Å². The number of guanidine groups is 1. The Labute approximate surface area is 139 Å². The second kappa shape index (κ2) is 8.77. The number of nitrogens with two attached hydrogens (primary N) is 1. The summed E-state index contributed by atoms with van der Waals surface area (Å²) in [6.07, 6.45) is 4.18. The third kappa shape index (κ3) is 4.86. The second-order valence-corrected chi connectivity index (χ2v) is 6.10. The quantitative estimate of drug-likeness (QED) is 0.460. The molecule has 5 heteroatoms. The highest BCUT2D eigenvalue weighted by Crippen LogP contribution is 2.36. The van der Waals surface area contributed by atoms with E-state index in [1.807, 2.05) is 12.1 Å². The summed E-state index contributed by atoms with van der Waals surface area (Å²) < 4.78 is 10.8. The number of ether oxygens (including phenoxy) is 2. The van der Waals surface area contributed by atoms with Gasteiger partial charge in [0, 0.05) is 25.2 Å². The third-order valence-corrected chi connectivity index (χ3v) is 4.54. The molecular weight excluding hydrogens is 290 g/mol. The number of aliphatic imine (C=N–C) groups is 1. The molecule has 1 aromatic carbocycles. The lowest BCUT2D eigenvalue weighted by molar-refractivity contribution is 0.0531. The number of hydrogen-bond donors (Lipinski definition) is 2. The van der Waals surface area contributed by atoms with Gasteiger partial charge in [-0.15, -0.1) is 0 Å². The van der Waals surface area contributed by atoms with E-state index in [0.29, 0.717) is 12.5 Å². The molecule has 1 heterocycles. The van der Waals surface area contributed by atoms with Gasteiger partial charge >= 0.3 is 0 Å². The van der Waals surface area contributed by atoms with E-state index in [0.717, 1.165) is 51.2 Å². The Kier molecular flexibility index (Phi) is 6.71. The van der Waals surface area contributed by atoms with Crippen LogP contribution in [0.15, 0.2) is 29.3 Å². The molecule has 0 atom stereocenters. The monoisotopic (exact) mass is 319 g/mol. The van der Waals surface area contributed by atoms with Crippen LogP contribution in [0.25, 0.3) is 0 Å². The van der Waals surface area contributed by atoms with Crippen molar-refractivity contribution in [3.63, 3.8) is 0 Å². The third-order valence-electron chi connectivity index (χ3n) is 4.54. The van der Waals surface area contributed by atoms with E-state index in [1.165, 1.54) is 5.56 Å². The Morgan fingerprint density at radius 1 is 1.30 bits per heavy atom. The van der Waals surface area contributed by atoms with Crippen molar-refractivity contribution in [1.29, 1.82) is 0 Å². The molecule has 1 saturated heterocycles. The second-order valence-electron chi connectivity index (χ2n) is 6.10. The van der Waals surface area contributed by atoms with E-state index in [1.54, 1.807) is 7.11 Å². The first-order valence-electron chi connectivity index (χ1n) is 8.46. The fraction of sp³-hybridized carbons (Fsp3) is 0.611. The average Bonchev–Trinajstić information content (AvgIpc) is 2.61. The van der Waals surface area contributed by atoms with Gasteiger partial charge in [-0.25, -0.2) is 0 Å². The van der Waals surface area contributed by atoms with Crippen molar-refractivity contribution in [2.24, 2.45) is 10.7 Å². The minimum absolute atomic E-state index is 0.00157. The smallest absolute Gasteiger partial charge is 0.188 e. The summed E-state index contributed by atoms with van der Waals surface area (Å²) in [4.78, 5) is 4.61. The van der Waals surface area contributed by atoms with Crippen LogP contribution in [-0.2, 0) is 10.2 Å². The van der Waals surface area contributed by atoms with Crippen molar-refractivity contribution in [2.45, 2.75) is 38.0 Å². The number of benzene rings is 1. The molecule has 0 amide bonds. The molecule has 1 aromatic rings. The highest BCUT2D eigenvalue weighted by molar-refractivity contribution is 5.77. The minimum atomic E-state index is 0.00157. The summed E-state index contributed by atoms with van der Waals surface area (Å²) in [7, 11) is 1.69. The first-order valence-corrected chi connectivity index (χ1v) is 8.46. The highest BCUT2D eigenvalue weighted by atomic mass is 16.5. The SMILES string of the molecule is CCCCNC(N)=NCC1(c2ccc(OC)cc2)CCOCC1. The zero-order valence-corrected chi connectivity index (χ0v) is 14.3. The molecule has 0 unspecified atom stereocenters. The number of rotatable bonds is 7. The first-order chi connectivity index (χ1) is 11.2. The van der Waals surface area contributed by atoms with Gasteiger partial charge in [-0.1, -0.05) is 25.5 Å². The highest BCUT2D eigenvalue weighted by Gasteiger charge is 2.34. The zero-order chi connectivity index (χ0) is 16.5. The van der Waals surface area contributed by atoms with Crippen molar-refractivity contribution in [1.82, 2.24) is 5.32 Å². The first kappa shape index (κ1) is 17.6. The summed E-state index contributed by atoms with van der Waals surface area (Å²) >= 11 is 0. The lowest BCUT2D eigenvalue weighted by Crippen LogP contribution is -2.39. The molecule has 2 rings (SSSR count). The van der Waals surface area contributed by atoms with Gasteiger partial charge in [0.2, 0.25) is 0 Å². The predicted molar refractivity (Wildman–Crippen MR) is 94.1 cm³/mol. The van der Waals surface area contributed by atoms with Crippen molar-refractivity contribution >= 4 is 5.96 Å². The molecule has 0 saturated carbocycles. The van der Waals surface area contributed by atoms with E-state index >= 15 is 0 Å². The van der Waals surface area contributed by atoms with Gasteiger partial charge in [-0.05, 0) is 37.0 Å². The molecule has 0 aromatic heterocycles. The van der Waals surface area contributed by atoms with Crippen molar-refractivity contribution < 1.29 is 9.47 Å². The van der Waals surface area contributed by atoms with E-state index in [-0.39, 0.29) is 5.41 Å². The maximum atomic E-state index is 6.00. The van der Waals surface area contributed by atoms with Gasteiger partial charge in [-0.3, -0.25) is 4.99 Å². The van der Waals surface area contributed by atoms with Crippen LogP contribution in [0.1, 0.15) is 38.2 Å². The van der Waals surface area contributed by atoms with Gasteiger partial charge in [0.15, 0.2) is 5.96 Å². The van der Waals surface area contributed by atoms with Gasteiger partial charge in [-0.2, -0.15) is 0 Å². The predicted octanol–water partition coefficient (Wildman–Crippen LogP) is 2.45. The number of methoxy groups -OCH3 is 1. The molecule has 23 heavy (non-hydrogen) atoms. The van der Waals surface area contributed by atoms with E-state index in [2.05, 4.69) is 29.4 Å². The van der Waals surface area contributed by atoms with Crippen LogP contribution in [0.5, 0.6) is 5.75 Å². The molecule has 0 aliphatic carbocycles. The lowest BCUT2D eigenvalue weighted by Gasteiger charge is -2.36. The van der Waals surface area contributed by atoms with Gasteiger partial charge in [0.25, 0.3) is 0 Å². The van der Waals surface area contributed by atoms with Crippen LogP contribution in [0.2, 0.25) is 0 Å². The molecular formula is C18H29N3O2. The number of nitrogens with zero attached hydrogens (tertiary/aromatic N) is 1. The molecule has 0 spiro atoms. The normalized spacial score (nSPS) is 17.7. The topological polar surface area (TPSA) is 68.9 Å². The fourth-order valence-corrected chi connectivity index (χ4v) is 2.93. The summed E-state index contributed by atoms with van der Waals surface area (Å²) in [5, 5.41) is 3.19. The van der Waals surface area contributed by atoms with Crippen LogP contribution in [0, 0.1) is 0 Å². The summed E-state index contributed by atoms with van der Waals surface area (Å²) in [6, 6.07) is 8.30. The van der Waals surface area contributed by atoms with Crippen LogP contribution in [0.3, 0.4) is 0 Å². The van der Waals surface area contributed by atoms with Gasteiger partial charge in [0.05, 0.1) is 13.7 Å². The van der Waals surface area contributed by atoms with E-state index in [4.69, 9.17) is 15.2 Å². The molecule has 1 aliphatic heterocycles. The average molecular weight is 319 g/mol. The minimum Gasteiger partial charge on any atom is -0.497 e. The molecule has 3 N–H and O–H groups in total. The molecule has 5 nitrogen and oxygen atoms in total. The Balaban J connectivity index is 2.10. The van der Waals surface area contributed by atoms with Crippen molar-refractivity contribution in [3.05, 3.63) is 29.8 Å². The maximum Gasteiger partial charge on any atom is 0.188 e. The van der Waals surface area contributed by atoms with Crippen molar-refractivity contribution in [2.75, 3.05) is 33.4 Å². The van der Waals surface area contributed by atoms with Gasteiger partial charge in [0.1, 0.15) is 5.75 Å². The lowest BCUT2D eigenvalue weighted by atomic mass is 9.74. The largest absolute Gasteiger partial charge is 0.497 e. The van der Waals surface area contributed by atoms with E-state index < -0.39 is 0 Å². The Morgan fingerprint density at radius 2 is 2.00 bits per heavy atom. The zero-order valence-electron chi connectivity index (χ0n) is 14.3. The summed E-state index contributed by atoms with van der Waals surface area (Å²) in [5.74, 6) is 1.41. The molecule has 128 valence electrons. The maximum absolute atomic E-state index is 6.00. The summed E-state index contributed by atoms with van der Waals surface area (Å²) in [5.41, 5.74) is 7.29. The van der Waals surface area contributed by atoms with Crippen LogP contribution < -0.4 is 15.8 Å². The summed E-state index contributed by atoms with van der Waals surface area (Å²) in [6.45, 7) is 5.27. The Morgan fingerprint density at radius 3 is 2.61 bits per heavy atom. The molecule has 0 radical (unpaired) electrons.